The molecule has 6 heteroatoms. The van der Waals surface area contributed by atoms with Crippen molar-refractivity contribution >= 4 is 12.2 Å². The molecule has 0 unspecified atom stereocenters. The van der Waals surface area contributed by atoms with Crippen molar-refractivity contribution in [3.8, 4) is 0 Å². The van der Waals surface area contributed by atoms with Gasteiger partial charge in [-0.05, 0) is 6.42 Å². The molecule has 0 aromatic carbocycles. The maximum atomic E-state index is 9.92. The van der Waals surface area contributed by atoms with E-state index in [0.717, 1.165) is 12.8 Å². The van der Waals surface area contributed by atoms with Crippen LogP contribution in [0, 0.1) is 0 Å². The van der Waals surface area contributed by atoms with Crippen LogP contribution in [0.3, 0.4) is 0 Å². The van der Waals surface area contributed by atoms with Crippen LogP contribution in [0.4, 0.5) is 9.59 Å². The third-order valence-corrected chi connectivity index (χ3v) is 1.64. The number of carbonyl (C=O) groups excluding carboxylic acids is 1. The van der Waals surface area contributed by atoms with Crippen molar-refractivity contribution in [2.24, 2.45) is 0 Å². The van der Waals surface area contributed by atoms with Gasteiger partial charge in [0.2, 0.25) is 0 Å². The molecular weight excluding hydrogens is 214 g/mol. The van der Waals surface area contributed by atoms with Gasteiger partial charge in [0.1, 0.15) is 0 Å². The summed E-state index contributed by atoms with van der Waals surface area (Å²) in [5.41, 5.74) is 0. The van der Waals surface area contributed by atoms with Gasteiger partial charge in [0.25, 0.3) is 0 Å². The molecule has 0 saturated carbocycles. The molecule has 96 valence electrons. The van der Waals surface area contributed by atoms with Crippen LogP contribution in [0.2, 0.25) is 0 Å². The third-order valence-electron chi connectivity index (χ3n) is 1.64. The van der Waals surface area contributed by atoms with E-state index in [4.69, 9.17) is 5.11 Å². The number of carbonyl (C=O) groups is 2. The van der Waals surface area contributed by atoms with E-state index >= 15 is 0 Å². The van der Waals surface area contributed by atoms with E-state index in [2.05, 4.69) is 21.7 Å². The first kappa shape index (κ1) is 17.0. The number of carboxylic acid groups (broad SMARTS) is 1. The van der Waals surface area contributed by atoms with Gasteiger partial charge < -0.3 is 19.9 Å². The van der Waals surface area contributed by atoms with E-state index < -0.39 is 12.2 Å². The molecule has 2 N–H and O–H groups in total. The predicted molar refractivity (Wildman–Crippen MR) is 59.6 cm³/mol. The highest BCUT2D eigenvalue weighted by Crippen LogP contribution is 1.96. The fourth-order valence-corrected chi connectivity index (χ4v) is 0.830. The number of nitrogens with one attached hydrogen (secondary N) is 1. The first-order chi connectivity index (χ1) is 7.58. The number of methoxy groups -OCH3 is 2. The van der Waals surface area contributed by atoms with E-state index in [1.807, 2.05) is 0 Å². The molecule has 0 aromatic rings. The zero-order valence-electron chi connectivity index (χ0n) is 10.1. The van der Waals surface area contributed by atoms with Gasteiger partial charge in [0.05, 0.1) is 14.2 Å². The number of amides is 1. The van der Waals surface area contributed by atoms with Crippen LogP contribution < -0.4 is 5.32 Å². The minimum Gasteiger partial charge on any atom is -0.465 e. The molecule has 0 aliphatic carbocycles. The van der Waals surface area contributed by atoms with Gasteiger partial charge in [0.15, 0.2) is 0 Å². The summed E-state index contributed by atoms with van der Waals surface area (Å²) < 4.78 is 8.08. The van der Waals surface area contributed by atoms with Crippen molar-refractivity contribution < 1.29 is 24.2 Å². The summed E-state index contributed by atoms with van der Waals surface area (Å²) in [5.74, 6) is 0. The Hall–Kier alpha value is -1.46. The van der Waals surface area contributed by atoms with Crippen molar-refractivity contribution in [3.63, 3.8) is 0 Å². The lowest BCUT2D eigenvalue weighted by Gasteiger charge is -1.98. The molecule has 6 nitrogen and oxygen atoms in total. The minimum absolute atomic E-state index is 0.593. The Morgan fingerprint density at radius 2 is 1.69 bits per heavy atom. The molecule has 0 spiro atoms. The van der Waals surface area contributed by atoms with Crippen molar-refractivity contribution in [2.45, 2.75) is 32.6 Å². The second-order valence-corrected chi connectivity index (χ2v) is 2.95. The average molecular weight is 235 g/mol. The zero-order chi connectivity index (χ0) is 12.8. The number of ether oxygens (including phenoxy) is 2. The lowest BCUT2D eigenvalue weighted by Crippen LogP contribution is -2.21. The second kappa shape index (κ2) is 13.5. The van der Waals surface area contributed by atoms with Crippen LogP contribution in [0.1, 0.15) is 32.6 Å². The fraction of sp³-hybridized carbons (Fsp3) is 0.800. The summed E-state index contributed by atoms with van der Waals surface area (Å²) in [5, 5.41) is 10.5. The van der Waals surface area contributed by atoms with Gasteiger partial charge >= 0.3 is 12.2 Å². The summed E-state index contributed by atoms with van der Waals surface area (Å²) in [6.07, 6.45) is 2.89. The molecule has 16 heavy (non-hydrogen) atoms. The molecule has 0 aromatic heterocycles. The predicted octanol–water partition coefficient (Wildman–Crippen LogP) is 2.23. The SMILES string of the molecule is CCCCCCNC(=O)O.COC(=O)OC. The molecule has 0 rings (SSSR count). The van der Waals surface area contributed by atoms with E-state index in [-0.39, 0.29) is 0 Å². The Morgan fingerprint density at radius 3 is 2.00 bits per heavy atom. The monoisotopic (exact) mass is 235 g/mol. The van der Waals surface area contributed by atoms with Crippen LogP contribution in [0.25, 0.3) is 0 Å². The van der Waals surface area contributed by atoms with Crippen LogP contribution in [-0.4, -0.2) is 38.1 Å². The van der Waals surface area contributed by atoms with Crippen LogP contribution in [-0.2, 0) is 9.47 Å². The second-order valence-electron chi connectivity index (χ2n) is 2.95. The topological polar surface area (TPSA) is 84.9 Å². The largest absolute Gasteiger partial charge is 0.507 e. The molecule has 0 saturated heterocycles. The summed E-state index contributed by atoms with van der Waals surface area (Å²) in [6, 6.07) is 0. The minimum atomic E-state index is -0.920. The lowest BCUT2D eigenvalue weighted by atomic mass is 10.2. The van der Waals surface area contributed by atoms with E-state index in [0.29, 0.717) is 6.54 Å². The first-order valence-corrected chi connectivity index (χ1v) is 5.17. The highest BCUT2D eigenvalue weighted by atomic mass is 16.7. The van der Waals surface area contributed by atoms with Crippen molar-refractivity contribution in [1.82, 2.24) is 5.32 Å². The van der Waals surface area contributed by atoms with E-state index in [1.165, 1.54) is 27.1 Å². The highest BCUT2D eigenvalue weighted by Gasteiger charge is 1.91. The Morgan fingerprint density at radius 1 is 1.12 bits per heavy atom. The fourth-order valence-electron chi connectivity index (χ4n) is 0.830. The Kier molecular flexibility index (Phi) is 14.3. The molecule has 0 atom stereocenters. The number of rotatable bonds is 5. The highest BCUT2D eigenvalue weighted by molar-refractivity contribution is 5.64. The average Bonchev–Trinajstić information content (AvgIpc) is 2.28. The van der Waals surface area contributed by atoms with Gasteiger partial charge in [-0.15, -0.1) is 0 Å². The van der Waals surface area contributed by atoms with Gasteiger partial charge in [0, 0.05) is 6.54 Å². The van der Waals surface area contributed by atoms with Gasteiger partial charge in [-0.1, -0.05) is 26.2 Å². The molecule has 0 aliphatic heterocycles. The Labute approximate surface area is 95.9 Å². The van der Waals surface area contributed by atoms with E-state index in [9.17, 15) is 9.59 Å². The standard InChI is InChI=1S/C7H15NO2.C3H6O3/c1-2-3-4-5-6-8-7(9)10;1-5-3(4)6-2/h8H,2-6H2,1H3,(H,9,10);1-2H3. The zero-order valence-corrected chi connectivity index (χ0v) is 10.1. The van der Waals surface area contributed by atoms with Gasteiger partial charge in [-0.2, -0.15) is 0 Å². The van der Waals surface area contributed by atoms with Gasteiger partial charge in [-0.3, -0.25) is 0 Å². The quantitative estimate of drug-likeness (QED) is 0.563. The molecule has 0 radical (unpaired) electrons. The molecule has 0 aliphatic rings. The molecule has 1 amide bonds. The maximum absolute atomic E-state index is 9.92. The number of hydrogen-bond donors (Lipinski definition) is 2. The van der Waals surface area contributed by atoms with Crippen LogP contribution >= 0.6 is 0 Å². The summed E-state index contributed by atoms with van der Waals surface area (Å²) in [6.45, 7) is 2.72. The van der Waals surface area contributed by atoms with Crippen molar-refractivity contribution in [3.05, 3.63) is 0 Å². The maximum Gasteiger partial charge on any atom is 0.507 e. The third kappa shape index (κ3) is 18.3. The summed E-state index contributed by atoms with van der Waals surface area (Å²) in [7, 11) is 2.51. The Bertz CT molecular complexity index is 178. The van der Waals surface area contributed by atoms with Gasteiger partial charge in [-0.25, -0.2) is 9.59 Å². The van der Waals surface area contributed by atoms with Crippen molar-refractivity contribution in [2.75, 3.05) is 20.8 Å². The molecule has 0 heterocycles. The molecule has 0 fully saturated rings. The summed E-state index contributed by atoms with van der Waals surface area (Å²) >= 11 is 0. The normalized spacial score (nSPS) is 8.44. The van der Waals surface area contributed by atoms with Crippen LogP contribution in [0.15, 0.2) is 0 Å². The summed E-state index contributed by atoms with van der Waals surface area (Å²) in [4.78, 5) is 19.7. The first-order valence-electron chi connectivity index (χ1n) is 5.17. The number of unbranched alkanes of at least 4 members (excludes halogenated alkanes) is 3. The Balaban J connectivity index is 0. The smallest absolute Gasteiger partial charge is 0.465 e. The molecular formula is C10H21NO5. The lowest BCUT2D eigenvalue weighted by molar-refractivity contribution is 0.0924. The van der Waals surface area contributed by atoms with Crippen LogP contribution in [0.5, 0.6) is 0 Å². The number of hydrogen-bond acceptors (Lipinski definition) is 4. The van der Waals surface area contributed by atoms with E-state index in [1.54, 1.807) is 0 Å². The van der Waals surface area contributed by atoms with Crippen molar-refractivity contribution in [1.29, 1.82) is 0 Å². The molecule has 0 bridgehead atoms.